The Hall–Kier alpha value is -0.820. The van der Waals surface area contributed by atoms with E-state index in [-0.39, 0.29) is 83.2 Å². The molecule has 0 spiro atoms. The monoisotopic (exact) mass is 521 g/mol. The van der Waals surface area contributed by atoms with Crippen molar-refractivity contribution >= 4 is 6.08 Å². The SMILES string of the molecule is CC(C)(C)C1[C-]=Cc2ccccc21.[CH3-].[CH3-].[CH3-].[CH3-].[CH3-].[CH3-].[CH3-].[Hf].c1cc[cH-]c1. The summed E-state index contributed by atoms with van der Waals surface area (Å²) in [6, 6.07) is 18.6. The molecule has 0 N–H and O–H groups in total. The zero-order chi connectivity index (χ0) is 13.0. The van der Waals surface area contributed by atoms with Gasteiger partial charge in [-0.25, -0.2) is 18.2 Å². The van der Waals surface area contributed by atoms with Crippen LogP contribution in [0.15, 0.2) is 54.6 Å². The maximum absolute atomic E-state index is 3.44. The van der Waals surface area contributed by atoms with Gasteiger partial charge in [-0.1, -0.05) is 44.9 Å². The summed E-state index contributed by atoms with van der Waals surface area (Å²) in [5.41, 5.74) is 3.04. The first-order chi connectivity index (χ1) is 8.59. The van der Waals surface area contributed by atoms with Gasteiger partial charge in [-0.15, -0.1) is 11.6 Å². The van der Waals surface area contributed by atoms with E-state index in [0.29, 0.717) is 5.92 Å². The summed E-state index contributed by atoms with van der Waals surface area (Å²) in [4.78, 5) is 0. The minimum Gasteiger partial charge on any atom is -0.358 e. The molecule has 0 saturated heterocycles. The van der Waals surface area contributed by atoms with Crippen LogP contribution < -0.4 is 0 Å². The van der Waals surface area contributed by atoms with E-state index in [1.807, 2.05) is 30.3 Å². The van der Waals surface area contributed by atoms with Crippen LogP contribution in [-0.4, -0.2) is 0 Å². The summed E-state index contributed by atoms with van der Waals surface area (Å²) in [5.74, 6) is 0.462. The van der Waals surface area contributed by atoms with Crippen LogP contribution in [-0.2, 0) is 25.8 Å². The standard InChI is InChI=1S/C13H15.C5H5.7CH3.Hf/c1-13(2,3)12-9-8-10-6-4-5-7-11(10)12;1-2-4-5-3-1;;;;;;;;/h4-8,12H,1-3H3;1-5H;7*1H3;/q9*-1;. The Morgan fingerprint density at radius 1 is 0.769 bits per heavy atom. The van der Waals surface area contributed by atoms with E-state index in [9.17, 15) is 0 Å². The van der Waals surface area contributed by atoms with Gasteiger partial charge >= 0.3 is 0 Å². The fraction of sp³-hybridized carbons (Fsp3) is 0.200. The molecule has 0 fully saturated rings. The van der Waals surface area contributed by atoms with Gasteiger partial charge < -0.3 is 52.0 Å². The summed E-state index contributed by atoms with van der Waals surface area (Å²) in [5, 5.41) is 0. The zero-order valence-electron chi connectivity index (χ0n) is 18.9. The summed E-state index contributed by atoms with van der Waals surface area (Å²) in [7, 11) is 0. The molecule has 154 valence electrons. The predicted octanol–water partition coefficient (Wildman–Crippen LogP) is 8.20. The smallest absolute Gasteiger partial charge is 0 e. The van der Waals surface area contributed by atoms with Gasteiger partial charge in [-0.3, -0.25) is 6.08 Å². The van der Waals surface area contributed by atoms with Crippen molar-refractivity contribution in [3.8, 4) is 0 Å². The van der Waals surface area contributed by atoms with Crippen LogP contribution in [0.3, 0.4) is 0 Å². The molecular formula is C25H41Hf-9. The Kier molecular flexibility index (Phi) is 35.1. The molecule has 1 aliphatic rings. The Balaban J connectivity index is -0.0000000500. The van der Waals surface area contributed by atoms with Crippen molar-refractivity contribution in [2.24, 2.45) is 5.41 Å². The van der Waals surface area contributed by atoms with Gasteiger partial charge in [-0.05, 0) is 5.41 Å². The molecule has 1 aliphatic carbocycles. The molecule has 0 aromatic heterocycles. The fourth-order valence-electron chi connectivity index (χ4n) is 2.21. The number of rotatable bonds is 0. The van der Waals surface area contributed by atoms with Crippen molar-refractivity contribution in [1.29, 1.82) is 0 Å². The second kappa shape index (κ2) is 20.5. The van der Waals surface area contributed by atoms with Crippen LogP contribution in [0.5, 0.6) is 0 Å². The molecule has 1 heteroatoms. The molecule has 0 aliphatic heterocycles. The number of benzene rings is 1. The van der Waals surface area contributed by atoms with Crippen molar-refractivity contribution in [2.75, 3.05) is 0 Å². The average molecular weight is 520 g/mol. The van der Waals surface area contributed by atoms with Crippen LogP contribution in [0.4, 0.5) is 0 Å². The van der Waals surface area contributed by atoms with Gasteiger partial charge in [0.25, 0.3) is 0 Å². The molecule has 0 bridgehead atoms. The summed E-state index contributed by atoms with van der Waals surface area (Å²) >= 11 is 0. The predicted molar refractivity (Wildman–Crippen MR) is 123 cm³/mol. The molecule has 0 saturated carbocycles. The van der Waals surface area contributed by atoms with E-state index in [1.54, 1.807) is 0 Å². The summed E-state index contributed by atoms with van der Waals surface area (Å²) in [6.45, 7) is 6.79. The molecule has 0 nitrogen and oxygen atoms in total. The van der Waals surface area contributed by atoms with E-state index >= 15 is 0 Å². The van der Waals surface area contributed by atoms with E-state index in [2.05, 4.69) is 57.2 Å². The largest absolute Gasteiger partial charge is 0.358 e. The second-order valence-electron chi connectivity index (χ2n) is 5.70. The van der Waals surface area contributed by atoms with Crippen LogP contribution >= 0.6 is 0 Å². The van der Waals surface area contributed by atoms with Crippen molar-refractivity contribution in [3.63, 3.8) is 0 Å². The third-order valence-electron chi connectivity index (χ3n) is 3.13. The molecule has 0 heterocycles. The summed E-state index contributed by atoms with van der Waals surface area (Å²) in [6.07, 6.45) is 5.55. The average Bonchev–Trinajstić information content (AvgIpc) is 3.01. The van der Waals surface area contributed by atoms with Crippen LogP contribution in [0.25, 0.3) is 6.08 Å². The first-order valence-corrected chi connectivity index (χ1v) is 6.44. The van der Waals surface area contributed by atoms with E-state index in [1.165, 1.54) is 11.1 Å². The molecule has 1 unspecified atom stereocenters. The third kappa shape index (κ3) is 12.5. The van der Waals surface area contributed by atoms with Gasteiger partial charge in [0.15, 0.2) is 0 Å². The first kappa shape index (κ1) is 44.5. The quantitative estimate of drug-likeness (QED) is 0.243. The zero-order valence-corrected chi connectivity index (χ0v) is 22.4. The van der Waals surface area contributed by atoms with Crippen molar-refractivity contribution < 1.29 is 25.8 Å². The minimum absolute atomic E-state index is 0. The molecule has 0 radical (unpaired) electrons. The molecule has 3 rings (SSSR count). The van der Waals surface area contributed by atoms with Gasteiger partial charge in [-0.2, -0.15) is 23.8 Å². The van der Waals surface area contributed by atoms with Gasteiger partial charge in [0.2, 0.25) is 0 Å². The van der Waals surface area contributed by atoms with Crippen molar-refractivity contribution in [3.05, 3.63) is 124 Å². The Morgan fingerprint density at radius 3 is 1.62 bits per heavy atom. The van der Waals surface area contributed by atoms with Gasteiger partial charge in [0, 0.05) is 25.8 Å². The number of allylic oxidation sites excluding steroid dienone is 1. The molecule has 1 atom stereocenters. The molecular weight excluding hydrogens is 479 g/mol. The maximum Gasteiger partial charge on any atom is 0 e. The van der Waals surface area contributed by atoms with Gasteiger partial charge in [0.05, 0.1) is 0 Å². The number of hydrogen-bond donors (Lipinski definition) is 0. The van der Waals surface area contributed by atoms with E-state index in [4.69, 9.17) is 0 Å². The first-order valence-electron chi connectivity index (χ1n) is 6.44. The number of fused-ring (bicyclic) bond motifs is 1. The molecule has 0 amide bonds. The van der Waals surface area contributed by atoms with Crippen molar-refractivity contribution in [1.82, 2.24) is 0 Å². The van der Waals surface area contributed by atoms with Crippen LogP contribution in [0.1, 0.15) is 37.8 Å². The Bertz CT molecular complexity index is 484. The maximum atomic E-state index is 3.44. The third-order valence-corrected chi connectivity index (χ3v) is 3.13. The fourth-order valence-corrected chi connectivity index (χ4v) is 2.21. The van der Waals surface area contributed by atoms with Crippen LogP contribution in [0, 0.1) is 63.5 Å². The normalized spacial score (nSPS) is 11.7. The molecule has 2 aromatic rings. The molecule has 2 aromatic carbocycles. The second-order valence-corrected chi connectivity index (χ2v) is 5.70. The Morgan fingerprint density at radius 2 is 1.23 bits per heavy atom. The number of hydrogen-bond acceptors (Lipinski definition) is 0. The van der Waals surface area contributed by atoms with Crippen molar-refractivity contribution in [2.45, 2.75) is 26.7 Å². The summed E-state index contributed by atoms with van der Waals surface area (Å²) < 4.78 is 0. The molecule has 26 heavy (non-hydrogen) atoms. The van der Waals surface area contributed by atoms with E-state index in [0.717, 1.165) is 0 Å². The van der Waals surface area contributed by atoms with E-state index < -0.39 is 0 Å². The minimum atomic E-state index is 0. The van der Waals surface area contributed by atoms with Gasteiger partial charge in [0.1, 0.15) is 0 Å². The topological polar surface area (TPSA) is 0 Å². The van der Waals surface area contributed by atoms with Crippen LogP contribution in [0.2, 0.25) is 0 Å². The Labute approximate surface area is 187 Å².